The molecule has 9 rings (SSSR count). The first-order valence-corrected chi connectivity index (χ1v) is 14.2. The summed E-state index contributed by atoms with van der Waals surface area (Å²) < 4.78 is 6.70. The average Bonchev–Trinajstić information content (AvgIpc) is 3.64. The highest BCUT2D eigenvalue weighted by atomic mass is 16.3. The Bertz CT molecular complexity index is 1800. The Hall–Kier alpha value is -4.52. The average molecular weight is 527 g/mol. The van der Waals surface area contributed by atoms with E-state index in [0.717, 1.165) is 53.5 Å². The van der Waals surface area contributed by atoms with Crippen LogP contribution in [0, 0.1) is 5.92 Å². The molecule has 0 bridgehead atoms. The Labute approximate surface area is 233 Å². The fraction of sp³-hybridized carbons (Fsp3) is 0.273. The number of hydrogen-bond donors (Lipinski definition) is 0. The molecule has 1 aliphatic carbocycles. The minimum Gasteiger partial charge on any atom is -0.458 e. The van der Waals surface area contributed by atoms with Gasteiger partial charge in [0.2, 0.25) is 0 Å². The molecule has 5 aliphatic rings. The summed E-state index contributed by atoms with van der Waals surface area (Å²) in [7, 11) is 4.37. The highest BCUT2D eigenvalue weighted by Gasteiger charge is 2.55. The van der Waals surface area contributed by atoms with Crippen molar-refractivity contribution in [1.82, 2.24) is 14.9 Å². The maximum atomic E-state index is 6.70. The van der Waals surface area contributed by atoms with E-state index in [0.29, 0.717) is 0 Å². The number of allylic oxidation sites excluding steroid dienone is 2. The van der Waals surface area contributed by atoms with E-state index in [9.17, 15) is 0 Å². The highest BCUT2D eigenvalue weighted by molar-refractivity contribution is 5.99. The lowest BCUT2D eigenvalue weighted by molar-refractivity contribution is 0.184. The number of benzene rings is 2. The Morgan fingerprint density at radius 2 is 1.82 bits per heavy atom. The maximum absolute atomic E-state index is 6.70. The van der Waals surface area contributed by atoms with E-state index in [2.05, 4.69) is 101 Å². The molecule has 7 nitrogen and oxygen atoms in total. The quantitative estimate of drug-likeness (QED) is 0.260. The topological polar surface area (TPSA) is 51.9 Å². The van der Waals surface area contributed by atoms with Crippen LogP contribution in [0.4, 0.5) is 23.0 Å². The van der Waals surface area contributed by atoms with Crippen molar-refractivity contribution in [2.75, 3.05) is 28.8 Å². The van der Waals surface area contributed by atoms with Crippen LogP contribution in [0.5, 0.6) is 0 Å². The normalized spacial score (nSPS) is 25.6. The maximum Gasteiger partial charge on any atom is 0.178 e. The molecule has 4 aromatic rings. The predicted molar refractivity (Wildman–Crippen MR) is 159 cm³/mol. The van der Waals surface area contributed by atoms with E-state index >= 15 is 0 Å². The van der Waals surface area contributed by atoms with Crippen LogP contribution in [0.1, 0.15) is 41.2 Å². The van der Waals surface area contributed by atoms with E-state index in [1.807, 2.05) is 0 Å². The van der Waals surface area contributed by atoms with Gasteiger partial charge in [0.05, 0.1) is 11.4 Å². The summed E-state index contributed by atoms with van der Waals surface area (Å²) in [5, 5.41) is 1.21. The van der Waals surface area contributed by atoms with Crippen molar-refractivity contribution in [1.29, 1.82) is 0 Å². The largest absolute Gasteiger partial charge is 0.458 e. The van der Waals surface area contributed by atoms with E-state index in [4.69, 9.17) is 14.4 Å². The van der Waals surface area contributed by atoms with Gasteiger partial charge in [0.25, 0.3) is 0 Å². The summed E-state index contributed by atoms with van der Waals surface area (Å²) in [6.45, 7) is 4.68. The Morgan fingerprint density at radius 1 is 0.975 bits per heavy atom. The summed E-state index contributed by atoms with van der Waals surface area (Å²) in [4.78, 5) is 19.3. The molecule has 2 aromatic heterocycles. The lowest BCUT2D eigenvalue weighted by atomic mass is 9.71. The summed E-state index contributed by atoms with van der Waals surface area (Å²) >= 11 is 0. The third kappa shape index (κ3) is 2.69. The van der Waals surface area contributed by atoms with Gasteiger partial charge >= 0.3 is 0 Å². The zero-order valence-electron chi connectivity index (χ0n) is 22.7. The molecular weight excluding hydrogens is 496 g/mol. The van der Waals surface area contributed by atoms with Gasteiger partial charge in [0.1, 0.15) is 18.1 Å². The number of nitrogens with zero attached hydrogens (tertiary/aromatic N) is 6. The Kier molecular flexibility index (Phi) is 4.34. The summed E-state index contributed by atoms with van der Waals surface area (Å²) in [6.07, 6.45) is 15.5. The van der Waals surface area contributed by atoms with Crippen LogP contribution >= 0.6 is 0 Å². The fourth-order valence-electron chi connectivity index (χ4n) is 8.03. The van der Waals surface area contributed by atoms with Gasteiger partial charge in [-0.3, -0.25) is 0 Å². The molecule has 4 unspecified atom stereocenters. The zero-order chi connectivity index (χ0) is 26.7. The summed E-state index contributed by atoms with van der Waals surface area (Å²) in [6, 6.07) is 13.3. The van der Waals surface area contributed by atoms with Gasteiger partial charge in [0.15, 0.2) is 17.2 Å². The number of fused-ring (bicyclic) bond motifs is 16. The second kappa shape index (κ2) is 7.78. The number of aromatic nitrogens is 2. The van der Waals surface area contributed by atoms with Crippen LogP contribution in [-0.2, 0) is 6.42 Å². The van der Waals surface area contributed by atoms with Crippen LogP contribution in [0.3, 0.4) is 0 Å². The van der Waals surface area contributed by atoms with Gasteiger partial charge < -0.3 is 24.0 Å². The van der Waals surface area contributed by atoms with Crippen molar-refractivity contribution in [3.63, 3.8) is 0 Å². The summed E-state index contributed by atoms with van der Waals surface area (Å²) in [5.41, 5.74) is 8.26. The number of para-hydroxylation sites is 1. The van der Waals surface area contributed by atoms with Crippen molar-refractivity contribution in [3.8, 4) is 0 Å². The molecule has 2 aromatic carbocycles. The lowest BCUT2D eigenvalue weighted by Crippen LogP contribution is -2.59. The van der Waals surface area contributed by atoms with E-state index < -0.39 is 0 Å². The number of aryl methyl sites for hydroxylation is 1. The van der Waals surface area contributed by atoms with Gasteiger partial charge in [-0.05, 0) is 30.0 Å². The molecule has 4 atom stereocenters. The molecule has 40 heavy (non-hydrogen) atoms. The standard InChI is InChI=1S/C33H30N6O/c1-19-18-24-22-12-13-23-21-9-5-7-11-26(21)40-29(23)28(22)38-17-16-36(2)32(38)27(24)33-37(3)30-31(35-15-14-34-30)39(33)25-10-6-4-8-20(19)25/h4-6,8-10,12-17,24,27,32-33H,1,7,11,18H2,2-3H3. The molecule has 0 N–H and O–H groups in total. The first kappa shape index (κ1) is 22.3. The van der Waals surface area contributed by atoms with Crippen molar-refractivity contribution < 1.29 is 4.42 Å². The van der Waals surface area contributed by atoms with Crippen LogP contribution in [0.2, 0.25) is 0 Å². The predicted octanol–water partition coefficient (Wildman–Crippen LogP) is 6.48. The van der Waals surface area contributed by atoms with E-state index in [-0.39, 0.29) is 24.2 Å². The van der Waals surface area contributed by atoms with Gasteiger partial charge in [-0.15, -0.1) is 0 Å². The number of anilines is 4. The van der Waals surface area contributed by atoms with Crippen molar-refractivity contribution >= 4 is 45.6 Å². The number of rotatable bonds is 0. The number of hydrogen-bond acceptors (Lipinski definition) is 7. The molecule has 4 aliphatic heterocycles. The molecule has 0 fully saturated rings. The van der Waals surface area contributed by atoms with Crippen molar-refractivity contribution in [2.45, 2.75) is 37.5 Å². The summed E-state index contributed by atoms with van der Waals surface area (Å²) in [5.74, 6) is 3.33. The van der Waals surface area contributed by atoms with Crippen LogP contribution in [0.25, 0.3) is 22.6 Å². The van der Waals surface area contributed by atoms with Gasteiger partial charge in [-0.2, -0.15) is 0 Å². The van der Waals surface area contributed by atoms with E-state index in [1.165, 1.54) is 27.8 Å². The molecule has 198 valence electrons. The minimum absolute atomic E-state index is 0.0167. The lowest BCUT2D eigenvalue weighted by Gasteiger charge is -2.52. The molecule has 6 heterocycles. The first-order valence-electron chi connectivity index (χ1n) is 14.2. The zero-order valence-corrected chi connectivity index (χ0v) is 22.7. The van der Waals surface area contributed by atoms with E-state index in [1.54, 1.807) is 12.4 Å². The highest BCUT2D eigenvalue weighted by Crippen LogP contribution is 2.58. The molecular formula is C33H30N6O. The first-order chi connectivity index (χ1) is 19.6. The molecule has 0 amide bonds. The molecule has 0 saturated heterocycles. The van der Waals surface area contributed by atoms with Crippen LogP contribution in [-0.4, -0.2) is 41.3 Å². The Balaban J connectivity index is 1.33. The third-order valence-corrected chi connectivity index (χ3v) is 9.67. The SMILES string of the molecule is C=C1CC2c3ccc4c5c(oc4c3N3C=CN(C)C3C2C2N(C)c3nccnc3N2c2ccccc21)CCC=C5. The fourth-order valence-corrected chi connectivity index (χ4v) is 8.03. The van der Waals surface area contributed by atoms with Crippen LogP contribution < -0.4 is 14.7 Å². The molecule has 7 heteroatoms. The second-order valence-electron chi connectivity index (χ2n) is 11.7. The van der Waals surface area contributed by atoms with Gasteiger partial charge in [-0.1, -0.05) is 49.1 Å². The van der Waals surface area contributed by atoms with Crippen LogP contribution in [0.15, 0.2) is 78.3 Å². The van der Waals surface area contributed by atoms with Crippen molar-refractivity contribution in [2.24, 2.45) is 5.92 Å². The molecule has 0 saturated carbocycles. The second-order valence-corrected chi connectivity index (χ2v) is 11.7. The van der Waals surface area contributed by atoms with Gasteiger partial charge in [-0.25, -0.2) is 9.97 Å². The van der Waals surface area contributed by atoms with Crippen molar-refractivity contribution in [3.05, 3.63) is 96.3 Å². The smallest absolute Gasteiger partial charge is 0.178 e. The van der Waals surface area contributed by atoms with Gasteiger partial charge in [0, 0.05) is 73.7 Å². The molecule has 0 radical (unpaired) electrons. The third-order valence-electron chi connectivity index (χ3n) is 9.67. The monoisotopic (exact) mass is 526 g/mol. The molecule has 0 spiro atoms. The Morgan fingerprint density at radius 3 is 2.73 bits per heavy atom. The number of furan rings is 1. The minimum atomic E-state index is 0.0167.